The Kier molecular flexibility index (Phi) is 7.59. The molecule has 0 aliphatic heterocycles. The minimum absolute atomic E-state index is 0.0230. The Labute approximate surface area is 186 Å². The summed E-state index contributed by atoms with van der Waals surface area (Å²) in [5, 5.41) is 13.8. The Morgan fingerprint density at radius 3 is 2.65 bits per heavy atom. The van der Waals surface area contributed by atoms with Crippen molar-refractivity contribution in [3.8, 4) is 0 Å². The molecule has 3 rings (SSSR count). The number of aromatic nitrogens is 3. The zero-order valence-electron chi connectivity index (χ0n) is 16.4. The van der Waals surface area contributed by atoms with Crippen LogP contribution in [0.4, 0.5) is 14.5 Å². The van der Waals surface area contributed by atoms with E-state index in [9.17, 15) is 18.4 Å². The van der Waals surface area contributed by atoms with Crippen molar-refractivity contribution < 1.29 is 18.4 Å². The summed E-state index contributed by atoms with van der Waals surface area (Å²) in [4.78, 5) is 24.1. The molecule has 0 atom stereocenters. The van der Waals surface area contributed by atoms with Crippen LogP contribution in [0.5, 0.6) is 0 Å². The number of carbonyl (C=O) groups excluding carboxylic acids is 2. The van der Waals surface area contributed by atoms with E-state index in [1.807, 2.05) is 0 Å². The molecule has 0 fully saturated rings. The van der Waals surface area contributed by atoms with Crippen molar-refractivity contribution in [2.75, 3.05) is 17.6 Å². The fourth-order valence-corrected chi connectivity index (χ4v) is 3.53. The van der Waals surface area contributed by atoms with Crippen LogP contribution in [-0.4, -0.2) is 38.9 Å². The monoisotopic (exact) mass is 465 g/mol. The highest BCUT2D eigenvalue weighted by Gasteiger charge is 2.14. The maximum absolute atomic E-state index is 13.6. The molecular formula is C20H18ClF2N5O2S. The topological polar surface area (TPSA) is 88.9 Å². The van der Waals surface area contributed by atoms with E-state index in [0.717, 1.165) is 0 Å². The van der Waals surface area contributed by atoms with Gasteiger partial charge in [-0.15, -0.1) is 10.2 Å². The highest BCUT2D eigenvalue weighted by Crippen LogP contribution is 2.20. The molecule has 0 unspecified atom stereocenters. The van der Waals surface area contributed by atoms with Gasteiger partial charge in [0.05, 0.1) is 16.3 Å². The van der Waals surface area contributed by atoms with Gasteiger partial charge >= 0.3 is 0 Å². The average Bonchev–Trinajstić information content (AvgIpc) is 3.09. The molecular weight excluding hydrogens is 448 g/mol. The lowest BCUT2D eigenvalue weighted by Gasteiger charge is -2.07. The van der Waals surface area contributed by atoms with Gasteiger partial charge in [-0.3, -0.25) is 9.59 Å². The van der Waals surface area contributed by atoms with Crippen LogP contribution in [0, 0.1) is 11.6 Å². The minimum Gasteiger partial charge on any atom is -0.351 e. The minimum atomic E-state index is -0.585. The first kappa shape index (κ1) is 22.7. The molecule has 2 amide bonds. The molecule has 162 valence electrons. The van der Waals surface area contributed by atoms with E-state index in [1.165, 1.54) is 48.2 Å². The second kappa shape index (κ2) is 10.4. The van der Waals surface area contributed by atoms with Crippen molar-refractivity contribution in [3.05, 3.63) is 70.5 Å². The van der Waals surface area contributed by atoms with E-state index in [1.54, 1.807) is 17.7 Å². The maximum atomic E-state index is 13.6. The highest BCUT2D eigenvalue weighted by atomic mass is 35.5. The second-order valence-corrected chi connectivity index (χ2v) is 7.76. The van der Waals surface area contributed by atoms with E-state index in [2.05, 4.69) is 20.8 Å². The van der Waals surface area contributed by atoms with Crippen LogP contribution in [0.2, 0.25) is 5.02 Å². The van der Waals surface area contributed by atoms with Crippen molar-refractivity contribution >= 4 is 40.9 Å². The van der Waals surface area contributed by atoms with Crippen LogP contribution in [0.15, 0.2) is 47.6 Å². The Balaban J connectivity index is 1.48. The molecule has 3 aromatic rings. The average molecular weight is 466 g/mol. The lowest BCUT2D eigenvalue weighted by molar-refractivity contribution is -0.113. The van der Waals surface area contributed by atoms with Gasteiger partial charge in [-0.2, -0.15) is 0 Å². The number of thioether (sulfide) groups is 1. The van der Waals surface area contributed by atoms with E-state index >= 15 is 0 Å². The third-order valence-electron chi connectivity index (χ3n) is 4.21. The summed E-state index contributed by atoms with van der Waals surface area (Å²) >= 11 is 6.87. The van der Waals surface area contributed by atoms with Crippen LogP contribution in [-0.2, 0) is 18.3 Å². The normalized spacial score (nSPS) is 10.7. The van der Waals surface area contributed by atoms with Gasteiger partial charge in [-0.1, -0.05) is 35.5 Å². The van der Waals surface area contributed by atoms with Gasteiger partial charge in [-0.25, -0.2) is 8.78 Å². The molecule has 0 aliphatic carbocycles. The molecule has 0 saturated heterocycles. The summed E-state index contributed by atoms with van der Waals surface area (Å²) in [6.07, 6.45) is 0.379. The second-order valence-electron chi connectivity index (χ2n) is 6.41. The molecule has 7 nitrogen and oxygen atoms in total. The fourth-order valence-electron chi connectivity index (χ4n) is 2.62. The van der Waals surface area contributed by atoms with Crippen molar-refractivity contribution in [1.29, 1.82) is 0 Å². The summed E-state index contributed by atoms with van der Waals surface area (Å²) in [6.45, 7) is 0.246. The Morgan fingerprint density at radius 1 is 1.13 bits per heavy atom. The van der Waals surface area contributed by atoms with E-state index in [0.29, 0.717) is 23.1 Å². The molecule has 0 bridgehead atoms. The summed E-state index contributed by atoms with van der Waals surface area (Å²) in [7, 11) is 1.74. The van der Waals surface area contributed by atoms with Crippen LogP contribution in [0.1, 0.15) is 16.2 Å². The van der Waals surface area contributed by atoms with Crippen LogP contribution >= 0.6 is 23.4 Å². The number of amides is 2. The van der Waals surface area contributed by atoms with Gasteiger partial charge in [-0.05, 0) is 30.3 Å². The highest BCUT2D eigenvalue weighted by molar-refractivity contribution is 7.99. The van der Waals surface area contributed by atoms with Crippen molar-refractivity contribution in [2.24, 2.45) is 7.05 Å². The van der Waals surface area contributed by atoms with Gasteiger partial charge in [0.25, 0.3) is 5.91 Å². The zero-order valence-corrected chi connectivity index (χ0v) is 17.9. The van der Waals surface area contributed by atoms with Crippen molar-refractivity contribution in [3.63, 3.8) is 0 Å². The van der Waals surface area contributed by atoms with Crippen LogP contribution in [0.25, 0.3) is 0 Å². The SMILES string of the molecule is Cn1c(CCNC(=O)c2ccccc2F)nnc1SCC(=O)Nc1ccc(F)c(Cl)c1. The Morgan fingerprint density at radius 2 is 1.90 bits per heavy atom. The van der Waals surface area contributed by atoms with Crippen molar-refractivity contribution in [2.45, 2.75) is 11.6 Å². The number of rotatable bonds is 8. The standard InChI is InChI=1S/C20H18ClF2N5O2S/c1-28-17(8-9-24-19(30)13-4-2-3-5-15(13)22)26-27-20(28)31-11-18(29)25-12-6-7-16(23)14(21)10-12/h2-7,10H,8-9,11H2,1H3,(H,24,30)(H,25,29). The molecule has 1 aromatic heterocycles. The maximum Gasteiger partial charge on any atom is 0.254 e. The number of nitrogens with one attached hydrogen (secondary N) is 2. The first-order valence-electron chi connectivity index (χ1n) is 9.14. The van der Waals surface area contributed by atoms with Gasteiger partial charge in [0.15, 0.2) is 5.16 Å². The predicted molar refractivity (Wildman–Crippen MR) is 114 cm³/mol. The van der Waals surface area contributed by atoms with E-state index < -0.39 is 17.5 Å². The molecule has 0 saturated carbocycles. The molecule has 0 radical (unpaired) electrons. The molecule has 0 aliphatic rings. The quantitative estimate of drug-likeness (QED) is 0.497. The first-order valence-corrected chi connectivity index (χ1v) is 10.5. The number of anilines is 1. The van der Waals surface area contributed by atoms with Crippen molar-refractivity contribution in [1.82, 2.24) is 20.1 Å². The molecule has 31 heavy (non-hydrogen) atoms. The number of hydrogen-bond donors (Lipinski definition) is 2. The number of nitrogens with zero attached hydrogens (tertiary/aromatic N) is 3. The third kappa shape index (κ3) is 6.02. The van der Waals surface area contributed by atoms with Crippen LogP contribution < -0.4 is 10.6 Å². The predicted octanol–water partition coefficient (Wildman–Crippen LogP) is 3.45. The zero-order chi connectivity index (χ0) is 22.4. The third-order valence-corrected chi connectivity index (χ3v) is 5.52. The lowest BCUT2D eigenvalue weighted by atomic mass is 10.2. The lowest BCUT2D eigenvalue weighted by Crippen LogP contribution is -2.27. The number of benzene rings is 2. The van der Waals surface area contributed by atoms with Gasteiger partial charge in [0.2, 0.25) is 5.91 Å². The summed E-state index contributed by atoms with van der Waals surface area (Å²) in [5.41, 5.74) is 0.367. The van der Waals surface area contributed by atoms with E-state index in [4.69, 9.17) is 11.6 Å². The molecule has 2 N–H and O–H groups in total. The molecule has 11 heteroatoms. The van der Waals surface area contributed by atoms with Crippen LogP contribution in [0.3, 0.4) is 0 Å². The summed E-state index contributed by atoms with van der Waals surface area (Å²) < 4.78 is 28.5. The molecule has 0 spiro atoms. The molecule has 2 aromatic carbocycles. The van der Waals surface area contributed by atoms with Gasteiger partial charge in [0, 0.05) is 25.7 Å². The summed E-state index contributed by atoms with van der Waals surface area (Å²) in [5.74, 6) is -1.31. The van der Waals surface area contributed by atoms with E-state index in [-0.39, 0.29) is 28.8 Å². The Bertz CT molecular complexity index is 1110. The first-order chi connectivity index (χ1) is 14.8. The summed E-state index contributed by atoms with van der Waals surface area (Å²) in [6, 6.07) is 9.65. The Hall–Kier alpha value is -2.98. The number of halogens is 3. The smallest absolute Gasteiger partial charge is 0.254 e. The van der Waals surface area contributed by atoms with Gasteiger partial charge in [0.1, 0.15) is 17.5 Å². The number of carbonyl (C=O) groups is 2. The molecule has 1 heterocycles. The number of hydrogen-bond acceptors (Lipinski definition) is 5. The fraction of sp³-hybridized carbons (Fsp3) is 0.200. The largest absolute Gasteiger partial charge is 0.351 e. The van der Waals surface area contributed by atoms with Gasteiger partial charge < -0.3 is 15.2 Å².